The maximum atomic E-state index is 11.5. The van der Waals surface area contributed by atoms with Crippen LogP contribution < -0.4 is 10.8 Å². The Balaban J connectivity index is 3.13. The predicted octanol–water partition coefficient (Wildman–Crippen LogP) is 0.206. The summed E-state index contributed by atoms with van der Waals surface area (Å²) < 4.78 is 34.4. The molecule has 0 aliphatic carbocycles. The molecule has 0 aliphatic heterocycles. The third-order valence-electron chi connectivity index (χ3n) is 0.939. The van der Waals surface area contributed by atoms with Gasteiger partial charge >= 0.3 is 6.18 Å². The van der Waals surface area contributed by atoms with E-state index < -0.39 is 12.8 Å². The molecule has 4 nitrogen and oxygen atoms in total. The van der Waals surface area contributed by atoms with E-state index in [1.54, 1.807) is 0 Å². The third kappa shape index (κ3) is 11.2. The summed E-state index contributed by atoms with van der Waals surface area (Å²) >= 11 is 0. The Kier molecular flexibility index (Phi) is 5.40. The zero-order valence-corrected chi connectivity index (χ0v) is 7.07. The van der Waals surface area contributed by atoms with Crippen LogP contribution in [-0.2, 0) is 9.63 Å². The van der Waals surface area contributed by atoms with Crippen LogP contribution in [0.25, 0.3) is 0 Å². The topological polar surface area (TPSA) is 50.4 Å². The summed E-state index contributed by atoms with van der Waals surface area (Å²) in [7, 11) is 0. The minimum absolute atomic E-state index is 0.135. The minimum atomic E-state index is -4.33. The molecule has 0 heterocycles. The van der Waals surface area contributed by atoms with Gasteiger partial charge in [0.2, 0.25) is 5.91 Å². The van der Waals surface area contributed by atoms with Gasteiger partial charge in [-0.2, -0.15) is 13.2 Å². The molecule has 0 spiro atoms. The highest BCUT2D eigenvalue weighted by Gasteiger charge is 2.27. The first-order chi connectivity index (χ1) is 5.92. The van der Waals surface area contributed by atoms with Crippen LogP contribution >= 0.6 is 0 Å². The molecule has 1 amide bonds. The van der Waals surface area contributed by atoms with Crippen LogP contribution in [0.2, 0.25) is 0 Å². The highest BCUT2D eigenvalue weighted by Crippen LogP contribution is 2.13. The smallest absolute Gasteiger partial charge is 0.355 e. The van der Waals surface area contributed by atoms with E-state index in [2.05, 4.69) is 15.6 Å². The van der Waals surface area contributed by atoms with Gasteiger partial charge in [0, 0.05) is 20.0 Å². The summed E-state index contributed by atoms with van der Waals surface area (Å²) in [6, 6.07) is 0. The average Bonchev–Trinajstić information content (AvgIpc) is 1.93. The Morgan fingerprint density at radius 1 is 1.38 bits per heavy atom. The number of carbonyl (C=O) groups excluding carboxylic acids is 1. The van der Waals surface area contributed by atoms with Crippen LogP contribution in [0.1, 0.15) is 6.92 Å². The lowest BCUT2D eigenvalue weighted by molar-refractivity contribution is -0.189. The van der Waals surface area contributed by atoms with Crippen molar-refractivity contribution in [3.63, 3.8) is 0 Å². The fourth-order valence-corrected chi connectivity index (χ4v) is 0.495. The molecule has 0 aromatic heterocycles. The van der Waals surface area contributed by atoms with E-state index in [0.29, 0.717) is 0 Å². The molecule has 0 rings (SSSR count). The fraction of sp³-hybridized carbons (Fsp3) is 0.833. The highest BCUT2D eigenvalue weighted by molar-refractivity contribution is 5.72. The number of nitrogens with one attached hydrogen (secondary N) is 2. The molecule has 0 atom stereocenters. The summed E-state index contributed by atoms with van der Waals surface area (Å²) in [5.74, 6) is -0.238. The molecule has 2 N–H and O–H groups in total. The number of carbonyl (C=O) groups is 1. The van der Waals surface area contributed by atoms with Crippen molar-refractivity contribution in [3.05, 3.63) is 0 Å². The summed E-state index contributed by atoms with van der Waals surface area (Å²) in [5, 5.41) is 2.38. The van der Waals surface area contributed by atoms with Crippen molar-refractivity contribution in [3.8, 4) is 0 Å². The number of rotatable bonds is 5. The number of halogens is 3. The van der Waals surface area contributed by atoms with Gasteiger partial charge in [-0.15, -0.1) is 0 Å². The molecule has 7 heteroatoms. The number of hydrogen-bond donors (Lipinski definition) is 2. The summed E-state index contributed by atoms with van der Waals surface area (Å²) in [4.78, 5) is 14.3. The molecule has 0 bridgehead atoms. The molecule has 0 saturated heterocycles. The number of hydrogen-bond acceptors (Lipinski definition) is 3. The Bertz CT molecular complexity index is 160. The first-order valence-electron chi connectivity index (χ1n) is 3.57. The third-order valence-corrected chi connectivity index (χ3v) is 0.939. The normalized spacial score (nSPS) is 11.4. The van der Waals surface area contributed by atoms with Crippen LogP contribution in [0.15, 0.2) is 0 Å². The molecule has 0 unspecified atom stereocenters. The second kappa shape index (κ2) is 5.76. The standard InChI is InChI=1S/C6H11F3N2O2/c1-5(12)10-2-3-11-13-4-6(7,8)9/h11H,2-4H2,1H3,(H,10,12). The average molecular weight is 200 g/mol. The lowest BCUT2D eigenvalue weighted by Gasteiger charge is -2.08. The van der Waals surface area contributed by atoms with E-state index in [4.69, 9.17) is 0 Å². The van der Waals surface area contributed by atoms with Gasteiger partial charge < -0.3 is 5.32 Å². The second-order valence-electron chi connectivity index (χ2n) is 2.28. The monoisotopic (exact) mass is 200 g/mol. The molecule has 0 aliphatic rings. The molecule has 78 valence electrons. The van der Waals surface area contributed by atoms with Crippen LogP contribution in [0.4, 0.5) is 13.2 Å². The van der Waals surface area contributed by atoms with E-state index >= 15 is 0 Å². The Hall–Kier alpha value is -0.820. The Labute approximate surface area is 73.4 Å². The second-order valence-corrected chi connectivity index (χ2v) is 2.28. The van der Waals surface area contributed by atoms with E-state index in [-0.39, 0.29) is 19.0 Å². The molecular formula is C6H11F3N2O2. The van der Waals surface area contributed by atoms with Gasteiger partial charge in [-0.25, -0.2) is 5.48 Å². The van der Waals surface area contributed by atoms with Crippen LogP contribution in [-0.4, -0.2) is 31.8 Å². The molecule has 13 heavy (non-hydrogen) atoms. The highest BCUT2D eigenvalue weighted by atomic mass is 19.4. The molecule has 0 aromatic rings. The summed E-state index contributed by atoms with van der Waals surface area (Å²) in [6.45, 7) is 0.340. The number of hydroxylamine groups is 1. The molecule has 0 fully saturated rings. The zero-order valence-electron chi connectivity index (χ0n) is 7.07. The van der Waals surface area contributed by atoms with Crippen LogP contribution in [0, 0.1) is 0 Å². The first-order valence-corrected chi connectivity index (χ1v) is 3.57. The van der Waals surface area contributed by atoms with E-state index in [1.807, 2.05) is 0 Å². The van der Waals surface area contributed by atoms with E-state index in [1.165, 1.54) is 6.92 Å². The van der Waals surface area contributed by atoms with Gasteiger partial charge in [0.1, 0.15) is 0 Å². The molecular weight excluding hydrogens is 189 g/mol. The SMILES string of the molecule is CC(=O)NCCNOCC(F)(F)F. The van der Waals surface area contributed by atoms with Crippen molar-refractivity contribution in [2.45, 2.75) is 13.1 Å². The van der Waals surface area contributed by atoms with E-state index in [0.717, 1.165) is 0 Å². The van der Waals surface area contributed by atoms with Gasteiger partial charge in [0.05, 0.1) is 0 Å². The molecule has 0 aromatic carbocycles. The van der Waals surface area contributed by atoms with Crippen molar-refractivity contribution >= 4 is 5.91 Å². The first kappa shape index (κ1) is 12.2. The lowest BCUT2D eigenvalue weighted by atomic mass is 10.6. The van der Waals surface area contributed by atoms with E-state index in [9.17, 15) is 18.0 Å². The van der Waals surface area contributed by atoms with Gasteiger partial charge in [0.25, 0.3) is 0 Å². The van der Waals surface area contributed by atoms with Crippen LogP contribution in [0.5, 0.6) is 0 Å². The maximum absolute atomic E-state index is 11.5. The largest absolute Gasteiger partial charge is 0.413 e. The van der Waals surface area contributed by atoms with Gasteiger partial charge in [-0.1, -0.05) is 0 Å². The van der Waals surface area contributed by atoms with Crippen molar-refractivity contribution in [2.24, 2.45) is 0 Å². The zero-order chi connectivity index (χ0) is 10.3. The Morgan fingerprint density at radius 2 is 2.00 bits per heavy atom. The maximum Gasteiger partial charge on any atom is 0.413 e. The Morgan fingerprint density at radius 3 is 2.46 bits per heavy atom. The van der Waals surface area contributed by atoms with Crippen molar-refractivity contribution in [1.29, 1.82) is 0 Å². The van der Waals surface area contributed by atoms with Gasteiger partial charge in [0.15, 0.2) is 6.61 Å². The molecule has 0 saturated carbocycles. The van der Waals surface area contributed by atoms with Crippen molar-refractivity contribution in [2.75, 3.05) is 19.7 Å². The quantitative estimate of drug-likeness (QED) is 0.492. The lowest BCUT2D eigenvalue weighted by Crippen LogP contribution is -2.32. The summed E-state index contributed by atoms with van der Waals surface area (Å²) in [5.41, 5.74) is 2.06. The summed E-state index contributed by atoms with van der Waals surface area (Å²) in [6.07, 6.45) is -4.33. The van der Waals surface area contributed by atoms with Crippen molar-refractivity contribution in [1.82, 2.24) is 10.8 Å². The number of amides is 1. The fourth-order valence-electron chi connectivity index (χ4n) is 0.495. The van der Waals surface area contributed by atoms with Crippen molar-refractivity contribution < 1.29 is 22.8 Å². The van der Waals surface area contributed by atoms with Gasteiger partial charge in [-0.05, 0) is 0 Å². The molecule has 0 radical (unpaired) electrons. The minimum Gasteiger partial charge on any atom is -0.355 e. The predicted molar refractivity (Wildman–Crippen MR) is 38.7 cm³/mol. The van der Waals surface area contributed by atoms with Crippen LogP contribution in [0.3, 0.4) is 0 Å². The van der Waals surface area contributed by atoms with Gasteiger partial charge in [-0.3, -0.25) is 9.63 Å². The number of alkyl halides is 3.